The molecule has 5 heteroatoms. The highest BCUT2D eigenvalue weighted by atomic mass is 35.5. The van der Waals surface area contributed by atoms with Crippen molar-refractivity contribution in [1.82, 2.24) is 5.32 Å². The van der Waals surface area contributed by atoms with Gasteiger partial charge in [0, 0.05) is 6.54 Å². The summed E-state index contributed by atoms with van der Waals surface area (Å²) in [6.45, 7) is 3.64. The number of halogens is 1. The molecule has 1 aromatic rings. The molecule has 2 rings (SSSR count). The summed E-state index contributed by atoms with van der Waals surface area (Å²) in [4.78, 5) is 0. The third-order valence-electron chi connectivity index (χ3n) is 2.79. The molecule has 18 heavy (non-hydrogen) atoms. The lowest BCUT2D eigenvalue weighted by molar-refractivity contribution is 0.174. The minimum Gasteiger partial charge on any atom is -0.454 e. The smallest absolute Gasteiger partial charge is 0.231 e. The maximum atomic E-state index is 9.14. The molecule has 1 aromatic carbocycles. The Morgan fingerprint density at radius 1 is 1.44 bits per heavy atom. The number of hydrogen-bond donors (Lipinski definition) is 2. The molecule has 0 radical (unpaired) electrons. The Labute approximate surface area is 112 Å². The van der Waals surface area contributed by atoms with Gasteiger partial charge in [-0.2, -0.15) is 0 Å². The molecule has 0 aliphatic carbocycles. The quantitative estimate of drug-likeness (QED) is 0.780. The van der Waals surface area contributed by atoms with Crippen LogP contribution in [-0.4, -0.2) is 24.5 Å². The first kappa shape index (κ1) is 13.5. The van der Waals surface area contributed by atoms with E-state index in [-0.39, 0.29) is 12.9 Å². The normalized spacial score (nSPS) is 14.8. The van der Waals surface area contributed by atoms with Gasteiger partial charge < -0.3 is 19.9 Å². The van der Waals surface area contributed by atoms with Crippen molar-refractivity contribution in [2.45, 2.75) is 32.4 Å². The Morgan fingerprint density at radius 2 is 2.28 bits per heavy atom. The molecule has 2 N–H and O–H groups in total. The molecule has 0 amide bonds. The van der Waals surface area contributed by atoms with E-state index >= 15 is 0 Å². The van der Waals surface area contributed by atoms with Crippen molar-refractivity contribution in [3.63, 3.8) is 0 Å². The molecule has 4 nitrogen and oxygen atoms in total. The Hall–Kier alpha value is -0.970. The Bertz CT molecular complexity index is 409. The maximum Gasteiger partial charge on any atom is 0.231 e. The molecule has 1 heterocycles. The maximum absolute atomic E-state index is 9.14. The van der Waals surface area contributed by atoms with Crippen LogP contribution in [0, 0.1) is 0 Å². The number of aliphatic hydroxyl groups excluding tert-OH is 1. The summed E-state index contributed by atoms with van der Waals surface area (Å²) in [5, 5.41) is 13.0. The molecule has 1 aliphatic heterocycles. The number of aliphatic hydroxyl groups is 1. The minimum atomic E-state index is -0.230. The largest absolute Gasteiger partial charge is 0.454 e. The number of rotatable bonds is 6. The predicted molar refractivity (Wildman–Crippen MR) is 70.2 cm³/mol. The van der Waals surface area contributed by atoms with Gasteiger partial charge in [0.1, 0.15) is 0 Å². The average molecular weight is 272 g/mol. The molecule has 0 fully saturated rings. The first-order valence-corrected chi connectivity index (χ1v) is 6.51. The van der Waals surface area contributed by atoms with Gasteiger partial charge >= 0.3 is 0 Å². The van der Waals surface area contributed by atoms with Crippen LogP contribution in [0.4, 0.5) is 0 Å². The molecule has 1 unspecified atom stereocenters. The first-order chi connectivity index (χ1) is 8.66. The second-order valence-corrected chi connectivity index (χ2v) is 4.89. The number of nitrogens with one attached hydrogen (secondary N) is 1. The fraction of sp³-hybridized carbons (Fsp3) is 0.538. The van der Waals surface area contributed by atoms with E-state index < -0.39 is 0 Å². The van der Waals surface area contributed by atoms with Crippen molar-refractivity contribution >= 4 is 11.6 Å². The van der Waals surface area contributed by atoms with Gasteiger partial charge in [0.05, 0.1) is 11.1 Å². The van der Waals surface area contributed by atoms with Crippen LogP contribution >= 0.6 is 11.6 Å². The molecular formula is C13H18ClNO3. The van der Waals surface area contributed by atoms with Crippen molar-refractivity contribution in [2.75, 3.05) is 13.3 Å². The summed E-state index contributed by atoms with van der Waals surface area (Å²) in [7, 11) is 0. The number of benzene rings is 1. The molecule has 0 saturated carbocycles. The molecule has 0 spiro atoms. The SMILES string of the molecule is CC(O)CCCNCc1cc(Cl)c2c(c1)OCO2. The monoisotopic (exact) mass is 271 g/mol. The number of ether oxygens (including phenoxy) is 2. The Balaban J connectivity index is 1.81. The summed E-state index contributed by atoms with van der Waals surface area (Å²) in [6.07, 6.45) is 1.54. The second kappa shape index (κ2) is 6.27. The molecule has 1 atom stereocenters. The van der Waals surface area contributed by atoms with Gasteiger partial charge in [0.15, 0.2) is 11.5 Å². The van der Waals surface area contributed by atoms with E-state index in [4.69, 9.17) is 26.2 Å². The fourth-order valence-electron chi connectivity index (χ4n) is 1.88. The van der Waals surface area contributed by atoms with Crippen molar-refractivity contribution in [1.29, 1.82) is 0 Å². The summed E-state index contributed by atoms with van der Waals surface area (Å²) >= 11 is 6.09. The topological polar surface area (TPSA) is 50.7 Å². The van der Waals surface area contributed by atoms with E-state index in [1.807, 2.05) is 12.1 Å². The van der Waals surface area contributed by atoms with Crippen LogP contribution in [-0.2, 0) is 6.54 Å². The van der Waals surface area contributed by atoms with E-state index in [0.717, 1.165) is 31.5 Å². The first-order valence-electron chi connectivity index (χ1n) is 6.13. The van der Waals surface area contributed by atoms with E-state index in [1.165, 1.54) is 0 Å². The summed E-state index contributed by atoms with van der Waals surface area (Å²) < 4.78 is 10.6. The van der Waals surface area contributed by atoms with Crippen LogP contribution in [0.3, 0.4) is 0 Å². The third kappa shape index (κ3) is 3.51. The van der Waals surface area contributed by atoms with Crippen LogP contribution in [0.5, 0.6) is 11.5 Å². The summed E-state index contributed by atoms with van der Waals surface area (Å²) in [5.74, 6) is 1.35. The van der Waals surface area contributed by atoms with Crippen LogP contribution in [0.2, 0.25) is 5.02 Å². The lowest BCUT2D eigenvalue weighted by Gasteiger charge is -2.08. The summed E-state index contributed by atoms with van der Waals surface area (Å²) in [6, 6.07) is 3.83. The second-order valence-electron chi connectivity index (χ2n) is 4.48. The third-order valence-corrected chi connectivity index (χ3v) is 3.07. The predicted octanol–water partition coefficient (Wildman–Crippen LogP) is 2.32. The highest BCUT2D eigenvalue weighted by molar-refractivity contribution is 6.32. The van der Waals surface area contributed by atoms with Gasteiger partial charge in [-0.3, -0.25) is 0 Å². The molecule has 100 valence electrons. The molecule has 0 aromatic heterocycles. The lowest BCUT2D eigenvalue weighted by Crippen LogP contribution is -2.16. The van der Waals surface area contributed by atoms with Crippen molar-refractivity contribution in [3.8, 4) is 11.5 Å². The van der Waals surface area contributed by atoms with Crippen LogP contribution in [0.15, 0.2) is 12.1 Å². The zero-order chi connectivity index (χ0) is 13.0. The van der Waals surface area contributed by atoms with Crippen molar-refractivity contribution < 1.29 is 14.6 Å². The van der Waals surface area contributed by atoms with E-state index in [1.54, 1.807) is 6.92 Å². The van der Waals surface area contributed by atoms with E-state index in [2.05, 4.69) is 5.32 Å². The van der Waals surface area contributed by atoms with Gasteiger partial charge in [-0.1, -0.05) is 11.6 Å². The Kier molecular flexibility index (Phi) is 4.69. The van der Waals surface area contributed by atoms with E-state index in [0.29, 0.717) is 16.5 Å². The van der Waals surface area contributed by atoms with Gasteiger partial charge in [-0.25, -0.2) is 0 Å². The van der Waals surface area contributed by atoms with Gasteiger partial charge in [-0.05, 0) is 44.0 Å². The molecule has 0 saturated heterocycles. The van der Waals surface area contributed by atoms with Crippen LogP contribution < -0.4 is 14.8 Å². The van der Waals surface area contributed by atoms with Gasteiger partial charge in [0.25, 0.3) is 0 Å². The molecule has 1 aliphatic rings. The highest BCUT2D eigenvalue weighted by Gasteiger charge is 2.17. The summed E-state index contributed by atoms with van der Waals surface area (Å²) in [5.41, 5.74) is 1.07. The minimum absolute atomic E-state index is 0.230. The van der Waals surface area contributed by atoms with Crippen LogP contribution in [0.25, 0.3) is 0 Å². The average Bonchev–Trinajstić information content (AvgIpc) is 2.77. The zero-order valence-electron chi connectivity index (χ0n) is 10.4. The van der Waals surface area contributed by atoms with Crippen molar-refractivity contribution in [3.05, 3.63) is 22.7 Å². The lowest BCUT2D eigenvalue weighted by atomic mass is 10.2. The molecule has 0 bridgehead atoms. The fourth-order valence-corrected chi connectivity index (χ4v) is 2.17. The zero-order valence-corrected chi connectivity index (χ0v) is 11.2. The van der Waals surface area contributed by atoms with Crippen molar-refractivity contribution in [2.24, 2.45) is 0 Å². The van der Waals surface area contributed by atoms with E-state index in [9.17, 15) is 0 Å². The highest BCUT2D eigenvalue weighted by Crippen LogP contribution is 2.39. The number of fused-ring (bicyclic) bond motifs is 1. The van der Waals surface area contributed by atoms with Crippen LogP contribution in [0.1, 0.15) is 25.3 Å². The van der Waals surface area contributed by atoms with Gasteiger partial charge in [0.2, 0.25) is 6.79 Å². The van der Waals surface area contributed by atoms with Gasteiger partial charge in [-0.15, -0.1) is 0 Å². The Morgan fingerprint density at radius 3 is 3.06 bits per heavy atom. The number of hydrogen-bond acceptors (Lipinski definition) is 4. The standard InChI is InChI=1S/C13H18ClNO3/c1-9(16)3-2-4-15-7-10-5-11(14)13-12(6-10)17-8-18-13/h5-6,9,15-16H,2-4,7-8H2,1H3. The molecular weight excluding hydrogens is 254 g/mol.